The molecule has 10 nitrogen and oxygen atoms in total. The van der Waals surface area contributed by atoms with Gasteiger partial charge in [0.2, 0.25) is 0 Å². The van der Waals surface area contributed by atoms with Crippen LogP contribution in [-0.4, -0.2) is 81.7 Å². The van der Waals surface area contributed by atoms with E-state index in [0.717, 1.165) is 38.5 Å². The van der Waals surface area contributed by atoms with E-state index in [9.17, 15) is 19.0 Å². The fraction of sp³-hybridized carbons (Fsp3) is 0.923. The van der Waals surface area contributed by atoms with Crippen LogP contribution in [0.5, 0.6) is 0 Å². The Morgan fingerprint density at radius 3 is 1.73 bits per heavy atom. The molecule has 37 heavy (non-hydrogen) atoms. The van der Waals surface area contributed by atoms with Crippen LogP contribution >= 0.6 is 7.82 Å². The Hall–Kier alpha value is -1.03. The molecule has 0 radical (unpaired) electrons. The molecular weight excluding hydrogens is 501 g/mol. The number of carboxylic acid groups (broad SMARTS) is 1. The van der Waals surface area contributed by atoms with Gasteiger partial charge in [0, 0.05) is 20.0 Å². The highest BCUT2D eigenvalue weighted by atomic mass is 31.2. The number of rotatable bonds is 26. The quantitative estimate of drug-likeness (QED) is 0.0701. The van der Waals surface area contributed by atoms with Gasteiger partial charge in [-0.2, -0.15) is 0 Å². The number of quaternary nitrogens is 1. The van der Waals surface area contributed by atoms with Crippen LogP contribution in [0.1, 0.15) is 96.8 Å². The van der Waals surface area contributed by atoms with Gasteiger partial charge in [-0.15, -0.1) is 0 Å². The number of esters is 1. The zero-order chi connectivity index (χ0) is 28.0. The van der Waals surface area contributed by atoms with E-state index < -0.39 is 25.9 Å². The highest BCUT2D eigenvalue weighted by Crippen LogP contribution is 2.38. The minimum absolute atomic E-state index is 0.0105. The lowest BCUT2D eigenvalue weighted by atomic mass is 10.0. The average Bonchev–Trinajstić information content (AvgIpc) is 2.77. The van der Waals surface area contributed by atoms with Crippen LogP contribution in [0.15, 0.2) is 0 Å². The lowest BCUT2D eigenvalue weighted by Crippen LogP contribution is -2.37. The van der Waals surface area contributed by atoms with Gasteiger partial charge in [0.05, 0.1) is 34.4 Å². The molecule has 0 saturated carbocycles. The number of likely N-dealkylation sites (N-methyl/N-ethyl adjacent to an activating group) is 1. The van der Waals surface area contributed by atoms with Crippen molar-refractivity contribution in [2.75, 3.05) is 54.1 Å². The number of unbranched alkanes of at least 4 members (excludes halogenated alkanes) is 12. The summed E-state index contributed by atoms with van der Waals surface area (Å²) >= 11 is 0. The second kappa shape index (κ2) is 21.9. The van der Waals surface area contributed by atoms with Gasteiger partial charge < -0.3 is 33.0 Å². The molecule has 0 aromatic rings. The maximum absolute atomic E-state index is 11.9. The molecule has 11 heteroatoms. The number of phosphoric ester groups is 1. The summed E-state index contributed by atoms with van der Waals surface area (Å²) in [6.07, 6.45) is 14.1. The Morgan fingerprint density at radius 1 is 0.784 bits per heavy atom. The first-order valence-corrected chi connectivity index (χ1v) is 15.2. The average molecular weight is 554 g/mol. The van der Waals surface area contributed by atoms with Gasteiger partial charge in [-0.05, 0) is 12.8 Å². The molecule has 0 heterocycles. The Bertz CT molecular complexity index is 640. The second-order valence-corrected chi connectivity index (χ2v) is 12.0. The van der Waals surface area contributed by atoms with Crippen molar-refractivity contribution in [1.82, 2.24) is 0 Å². The Labute approximate surface area is 224 Å². The highest BCUT2D eigenvalue weighted by Gasteiger charge is 2.19. The van der Waals surface area contributed by atoms with Gasteiger partial charge in [0.1, 0.15) is 19.3 Å². The van der Waals surface area contributed by atoms with Gasteiger partial charge in [0.25, 0.3) is 7.82 Å². The number of hydrogen-bond donors (Lipinski definition) is 1. The lowest BCUT2D eigenvalue weighted by molar-refractivity contribution is -0.870. The van der Waals surface area contributed by atoms with Gasteiger partial charge in [-0.1, -0.05) is 70.6 Å². The number of carboxylic acids is 1. The lowest BCUT2D eigenvalue weighted by Gasteiger charge is -2.28. The first kappa shape index (κ1) is 36.0. The van der Waals surface area contributed by atoms with E-state index in [4.69, 9.17) is 23.6 Å². The number of aliphatic carboxylic acids is 1. The minimum atomic E-state index is -4.48. The Morgan fingerprint density at radius 2 is 1.27 bits per heavy atom. The van der Waals surface area contributed by atoms with Gasteiger partial charge in [0.15, 0.2) is 0 Å². The first-order chi connectivity index (χ1) is 17.4. The van der Waals surface area contributed by atoms with Crippen molar-refractivity contribution in [3.8, 4) is 0 Å². The molecule has 0 rings (SSSR count). The van der Waals surface area contributed by atoms with Crippen molar-refractivity contribution in [1.29, 1.82) is 0 Å². The van der Waals surface area contributed by atoms with Crippen LogP contribution in [0.4, 0.5) is 0 Å². The molecule has 220 valence electrons. The second-order valence-electron chi connectivity index (χ2n) is 10.6. The summed E-state index contributed by atoms with van der Waals surface area (Å²) in [5.41, 5.74) is 0. The van der Waals surface area contributed by atoms with Crippen molar-refractivity contribution in [2.45, 2.75) is 103 Å². The molecule has 0 spiro atoms. The van der Waals surface area contributed by atoms with E-state index in [0.29, 0.717) is 17.6 Å². The topological polar surface area (TPSA) is 131 Å². The van der Waals surface area contributed by atoms with Crippen molar-refractivity contribution in [3.05, 3.63) is 0 Å². The molecule has 0 amide bonds. The van der Waals surface area contributed by atoms with Crippen molar-refractivity contribution < 1.29 is 47.2 Å². The van der Waals surface area contributed by atoms with Gasteiger partial charge >= 0.3 is 11.9 Å². The molecule has 0 aliphatic carbocycles. The maximum atomic E-state index is 11.9. The van der Waals surface area contributed by atoms with E-state index in [1.54, 1.807) is 0 Å². The third-order valence-corrected chi connectivity index (χ3v) is 6.71. The predicted molar refractivity (Wildman–Crippen MR) is 141 cm³/mol. The minimum Gasteiger partial charge on any atom is -0.756 e. The molecule has 0 aromatic heterocycles. The molecule has 0 saturated heterocycles. The fourth-order valence-electron chi connectivity index (χ4n) is 3.63. The van der Waals surface area contributed by atoms with Crippen molar-refractivity contribution in [2.24, 2.45) is 0 Å². The fourth-order valence-corrected chi connectivity index (χ4v) is 4.36. The van der Waals surface area contributed by atoms with Crippen LogP contribution < -0.4 is 4.89 Å². The number of nitrogens with zero attached hydrogens (tertiary/aromatic N) is 1. The summed E-state index contributed by atoms with van der Waals surface area (Å²) in [4.78, 5) is 33.7. The van der Waals surface area contributed by atoms with Crippen LogP contribution in [0.25, 0.3) is 0 Å². The van der Waals surface area contributed by atoms with E-state index in [1.807, 2.05) is 21.1 Å². The predicted octanol–water partition coefficient (Wildman–Crippen LogP) is 4.69. The molecule has 0 aliphatic rings. The number of carbonyl (C=O) groups is 2. The zero-order valence-electron chi connectivity index (χ0n) is 23.6. The van der Waals surface area contributed by atoms with E-state index in [2.05, 4.69) is 0 Å². The van der Waals surface area contributed by atoms with Gasteiger partial charge in [-0.3, -0.25) is 14.2 Å². The highest BCUT2D eigenvalue weighted by molar-refractivity contribution is 7.45. The third kappa shape index (κ3) is 27.8. The van der Waals surface area contributed by atoms with Gasteiger partial charge in [-0.25, -0.2) is 0 Å². The molecule has 0 bridgehead atoms. The summed E-state index contributed by atoms with van der Waals surface area (Å²) in [5, 5.41) is 8.61. The molecule has 0 aliphatic heterocycles. The summed E-state index contributed by atoms with van der Waals surface area (Å²) in [6, 6.07) is 0. The summed E-state index contributed by atoms with van der Waals surface area (Å²) in [6.45, 7) is 2.01. The summed E-state index contributed by atoms with van der Waals surface area (Å²) < 4.78 is 32.9. The number of ether oxygens (including phenoxy) is 2. The largest absolute Gasteiger partial charge is 0.756 e. The van der Waals surface area contributed by atoms with Crippen LogP contribution in [-0.2, 0) is 32.7 Å². The van der Waals surface area contributed by atoms with Crippen LogP contribution in [0.3, 0.4) is 0 Å². The summed E-state index contributed by atoms with van der Waals surface area (Å²) in [7, 11) is 1.30. The number of hydrogen-bond acceptors (Lipinski definition) is 8. The third-order valence-electron chi connectivity index (χ3n) is 5.75. The molecule has 1 unspecified atom stereocenters. The molecule has 2 atom stereocenters. The first-order valence-electron chi connectivity index (χ1n) is 13.8. The van der Waals surface area contributed by atoms with Crippen molar-refractivity contribution >= 4 is 19.8 Å². The Kier molecular flexibility index (Phi) is 21.2. The van der Waals surface area contributed by atoms with E-state index in [1.165, 1.54) is 51.9 Å². The van der Waals surface area contributed by atoms with E-state index >= 15 is 0 Å². The van der Waals surface area contributed by atoms with Crippen LogP contribution in [0, 0.1) is 0 Å². The number of carbonyl (C=O) groups excluding carboxylic acids is 1. The summed E-state index contributed by atoms with van der Waals surface area (Å²) in [5.74, 6) is -1.23. The Balaban J connectivity index is 3.73. The van der Waals surface area contributed by atoms with Crippen molar-refractivity contribution in [3.63, 3.8) is 0 Å². The molecule has 1 N–H and O–H groups in total. The zero-order valence-corrected chi connectivity index (χ0v) is 24.5. The normalized spacial score (nSPS) is 14.3. The standard InChI is InChI=1S/C26H52NO9P/c1-24(28)36-25(23-35-37(31,32)34-21-19-27(2,3)4)22-33-20-17-15-13-11-9-7-5-6-8-10-12-14-16-18-26(29)30/h25H,5-23H2,1-4H3,(H-,29,30,31,32)/t25-/m1/s1. The van der Waals surface area contributed by atoms with E-state index in [-0.39, 0.29) is 26.2 Å². The smallest absolute Gasteiger partial charge is 0.303 e. The molecule has 0 aromatic carbocycles. The maximum Gasteiger partial charge on any atom is 0.303 e. The van der Waals surface area contributed by atoms with Crippen LogP contribution in [0.2, 0.25) is 0 Å². The number of phosphoric acid groups is 1. The molecule has 0 fully saturated rings. The molecular formula is C26H52NO9P. The SMILES string of the molecule is CC(=O)O[C@H](COCCCCCCCCCCCCCCCC(=O)O)COP(=O)([O-])OCC[N+](C)(C)C. The monoisotopic (exact) mass is 553 g/mol.